The van der Waals surface area contributed by atoms with Crippen molar-refractivity contribution in [2.75, 3.05) is 5.32 Å². The average Bonchev–Trinajstić information content (AvgIpc) is 3.12. The SMILES string of the molecule is CC(Nc1ccc(Cn2cncn2)cc1)c1ccnn1C. The fraction of sp³-hybridized carbons (Fsp3) is 0.267. The summed E-state index contributed by atoms with van der Waals surface area (Å²) >= 11 is 0. The monoisotopic (exact) mass is 282 g/mol. The summed E-state index contributed by atoms with van der Waals surface area (Å²) in [6.07, 6.45) is 5.08. The molecule has 3 aromatic rings. The molecule has 0 aliphatic carbocycles. The van der Waals surface area contributed by atoms with E-state index in [0.29, 0.717) is 0 Å². The van der Waals surface area contributed by atoms with E-state index in [9.17, 15) is 0 Å². The van der Waals surface area contributed by atoms with Crippen molar-refractivity contribution in [1.82, 2.24) is 24.5 Å². The molecule has 0 amide bonds. The average molecular weight is 282 g/mol. The Morgan fingerprint density at radius 2 is 1.95 bits per heavy atom. The first-order valence-electron chi connectivity index (χ1n) is 6.88. The molecular formula is C15H18N6. The maximum atomic E-state index is 4.20. The molecule has 1 N–H and O–H groups in total. The Morgan fingerprint density at radius 1 is 1.14 bits per heavy atom. The molecule has 0 saturated heterocycles. The molecule has 0 fully saturated rings. The Labute approximate surface area is 123 Å². The van der Waals surface area contributed by atoms with Crippen LogP contribution in [-0.4, -0.2) is 24.5 Å². The lowest BCUT2D eigenvalue weighted by atomic mass is 10.1. The largest absolute Gasteiger partial charge is 0.377 e. The van der Waals surface area contributed by atoms with Crippen LogP contribution in [0.1, 0.15) is 24.2 Å². The van der Waals surface area contributed by atoms with Crippen molar-refractivity contribution >= 4 is 5.69 Å². The number of nitrogens with one attached hydrogen (secondary N) is 1. The van der Waals surface area contributed by atoms with E-state index in [1.165, 1.54) is 5.56 Å². The summed E-state index contributed by atoms with van der Waals surface area (Å²) in [5, 5.41) is 11.8. The van der Waals surface area contributed by atoms with Gasteiger partial charge in [-0.05, 0) is 30.7 Å². The van der Waals surface area contributed by atoms with Crippen molar-refractivity contribution in [2.45, 2.75) is 19.5 Å². The van der Waals surface area contributed by atoms with E-state index in [1.807, 2.05) is 24.0 Å². The van der Waals surface area contributed by atoms with Crippen LogP contribution >= 0.6 is 0 Å². The lowest BCUT2D eigenvalue weighted by molar-refractivity contribution is 0.675. The number of benzene rings is 1. The van der Waals surface area contributed by atoms with Crippen molar-refractivity contribution in [3.05, 3.63) is 60.4 Å². The minimum absolute atomic E-state index is 0.207. The van der Waals surface area contributed by atoms with Gasteiger partial charge in [0.2, 0.25) is 0 Å². The first-order chi connectivity index (χ1) is 10.2. The summed E-state index contributed by atoms with van der Waals surface area (Å²) in [6.45, 7) is 2.86. The van der Waals surface area contributed by atoms with Crippen molar-refractivity contribution < 1.29 is 0 Å². The molecule has 6 heteroatoms. The minimum Gasteiger partial charge on any atom is -0.377 e. The summed E-state index contributed by atoms with van der Waals surface area (Å²) in [6, 6.07) is 10.6. The number of hydrogen-bond acceptors (Lipinski definition) is 4. The fourth-order valence-corrected chi connectivity index (χ4v) is 2.34. The zero-order chi connectivity index (χ0) is 14.7. The number of aryl methyl sites for hydroxylation is 1. The number of aromatic nitrogens is 5. The highest BCUT2D eigenvalue weighted by molar-refractivity contribution is 5.46. The fourth-order valence-electron chi connectivity index (χ4n) is 2.34. The van der Waals surface area contributed by atoms with Gasteiger partial charge < -0.3 is 5.32 Å². The van der Waals surface area contributed by atoms with Gasteiger partial charge in [0.1, 0.15) is 12.7 Å². The summed E-state index contributed by atoms with van der Waals surface area (Å²) in [5.74, 6) is 0. The third-order valence-corrected chi connectivity index (χ3v) is 3.45. The van der Waals surface area contributed by atoms with Crippen LogP contribution in [0.15, 0.2) is 49.2 Å². The summed E-state index contributed by atoms with van der Waals surface area (Å²) in [4.78, 5) is 3.94. The molecule has 2 heterocycles. The van der Waals surface area contributed by atoms with Crippen molar-refractivity contribution in [2.24, 2.45) is 7.05 Å². The molecule has 21 heavy (non-hydrogen) atoms. The topological polar surface area (TPSA) is 60.6 Å². The van der Waals surface area contributed by atoms with Crippen LogP contribution in [0.2, 0.25) is 0 Å². The molecule has 3 rings (SSSR count). The normalized spacial score (nSPS) is 12.3. The highest BCUT2D eigenvalue weighted by Crippen LogP contribution is 2.19. The van der Waals surface area contributed by atoms with E-state index in [2.05, 4.69) is 51.7 Å². The Bertz CT molecular complexity index is 683. The molecule has 0 saturated carbocycles. The van der Waals surface area contributed by atoms with Crippen molar-refractivity contribution in [3.8, 4) is 0 Å². The molecule has 6 nitrogen and oxygen atoms in total. The smallest absolute Gasteiger partial charge is 0.137 e. The van der Waals surface area contributed by atoms with E-state index in [0.717, 1.165) is 17.9 Å². The highest BCUT2D eigenvalue weighted by atomic mass is 15.3. The predicted molar refractivity (Wildman–Crippen MR) is 80.8 cm³/mol. The van der Waals surface area contributed by atoms with Crippen LogP contribution in [0.25, 0.3) is 0 Å². The zero-order valence-electron chi connectivity index (χ0n) is 12.1. The van der Waals surface area contributed by atoms with E-state index < -0.39 is 0 Å². The molecular weight excluding hydrogens is 264 g/mol. The highest BCUT2D eigenvalue weighted by Gasteiger charge is 2.08. The minimum atomic E-state index is 0.207. The van der Waals surface area contributed by atoms with Crippen LogP contribution in [0.3, 0.4) is 0 Å². The van der Waals surface area contributed by atoms with E-state index >= 15 is 0 Å². The van der Waals surface area contributed by atoms with Gasteiger partial charge in [-0.25, -0.2) is 9.67 Å². The third kappa shape index (κ3) is 3.10. The van der Waals surface area contributed by atoms with Gasteiger partial charge >= 0.3 is 0 Å². The Hall–Kier alpha value is -2.63. The zero-order valence-corrected chi connectivity index (χ0v) is 12.1. The van der Waals surface area contributed by atoms with Gasteiger partial charge in [-0.1, -0.05) is 12.1 Å². The van der Waals surface area contributed by atoms with Crippen LogP contribution in [0.5, 0.6) is 0 Å². The van der Waals surface area contributed by atoms with E-state index in [1.54, 1.807) is 17.3 Å². The summed E-state index contributed by atoms with van der Waals surface area (Å²) in [7, 11) is 1.95. The van der Waals surface area contributed by atoms with Crippen molar-refractivity contribution in [1.29, 1.82) is 0 Å². The second-order valence-electron chi connectivity index (χ2n) is 5.04. The van der Waals surface area contributed by atoms with Crippen LogP contribution in [0, 0.1) is 0 Å². The maximum Gasteiger partial charge on any atom is 0.137 e. The molecule has 0 aliphatic rings. The van der Waals surface area contributed by atoms with E-state index in [4.69, 9.17) is 0 Å². The molecule has 108 valence electrons. The second kappa shape index (κ2) is 5.78. The second-order valence-corrected chi connectivity index (χ2v) is 5.04. The molecule has 0 aliphatic heterocycles. The standard InChI is InChI=1S/C15H18N6/c1-12(15-7-8-17-20(15)2)19-14-5-3-13(4-6-14)9-21-11-16-10-18-21/h3-8,10-12,19H,9H2,1-2H3. The lowest BCUT2D eigenvalue weighted by Crippen LogP contribution is -2.11. The molecule has 1 atom stereocenters. The Balaban J connectivity index is 1.66. The quantitative estimate of drug-likeness (QED) is 0.779. The summed E-state index contributed by atoms with van der Waals surface area (Å²) in [5.41, 5.74) is 3.44. The first kappa shape index (κ1) is 13.4. The molecule has 1 aromatic carbocycles. The lowest BCUT2D eigenvalue weighted by Gasteiger charge is -2.16. The maximum absolute atomic E-state index is 4.20. The molecule has 0 radical (unpaired) electrons. The number of nitrogens with zero attached hydrogens (tertiary/aromatic N) is 5. The third-order valence-electron chi connectivity index (χ3n) is 3.45. The van der Waals surface area contributed by atoms with Gasteiger partial charge in [-0.3, -0.25) is 4.68 Å². The Kier molecular flexibility index (Phi) is 3.68. The van der Waals surface area contributed by atoms with Gasteiger partial charge in [0.15, 0.2) is 0 Å². The molecule has 2 aromatic heterocycles. The summed E-state index contributed by atoms with van der Waals surface area (Å²) < 4.78 is 3.69. The van der Waals surface area contributed by atoms with Gasteiger partial charge in [0.05, 0.1) is 18.3 Å². The number of rotatable bonds is 5. The van der Waals surface area contributed by atoms with Crippen LogP contribution < -0.4 is 5.32 Å². The number of anilines is 1. The van der Waals surface area contributed by atoms with Crippen LogP contribution in [-0.2, 0) is 13.6 Å². The Morgan fingerprint density at radius 3 is 2.57 bits per heavy atom. The van der Waals surface area contributed by atoms with Crippen molar-refractivity contribution in [3.63, 3.8) is 0 Å². The van der Waals surface area contributed by atoms with E-state index in [-0.39, 0.29) is 6.04 Å². The van der Waals surface area contributed by atoms with Gasteiger partial charge in [0, 0.05) is 18.9 Å². The molecule has 0 bridgehead atoms. The first-order valence-corrected chi connectivity index (χ1v) is 6.88. The van der Waals surface area contributed by atoms with Gasteiger partial charge in [0.25, 0.3) is 0 Å². The molecule has 1 unspecified atom stereocenters. The van der Waals surface area contributed by atoms with Gasteiger partial charge in [-0.15, -0.1) is 0 Å². The predicted octanol–water partition coefficient (Wildman–Crippen LogP) is 2.23. The van der Waals surface area contributed by atoms with Crippen LogP contribution in [0.4, 0.5) is 5.69 Å². The number of hydrogen-bond donors (Lipinski definition) is 1. The molecule has 0 spiro atoms. The van der Waals surface area contributed by atoms with Gasteiger partial charge in [-0.2, -0.15) is 10.2 Å².